The van der Waals surface area contributed by atoms with Gasteiger partial charge in [-0.2, -0.15) is 4.98 Å². The Labute approximate surface area is 211 Å². The Hall–Kier alpha value is -3.11. The van der Waals surface area contributed by atoms with E-state index in [1.807, 2.05) is 30.3 Å². The lowest BCUT2D eigenvalue weighted by atomic mass is 9.68. The second-order valence-electron chi connectivity index (χ2n) is 9.54. The van der Waals surface area contributed by atoms with Crippen molar-refractivity contribution in [2.45, 2.75) is 41.6 Å². The molecule has 1 aromatic heterocycles. The number of fused-ring (bicyclic) bond motifs is 1. The minimum atomic E-state index is -3.66. The third kappa shape index (κ3) is 3.92. The Bertz CT molecular complexity index is 1370. The molecule has 1 aliphatic heterocycles. The van der Waals surface area contributed by atoms with Gasteiger partial charge in [-0.15, -0.1) is 0 Å². The minimum Gasteiger partial charge on any atom is -0.493 e. The van der Waals surface area contributed by atoms with Crippen LogP contribution < -0.4 is 25.8 Å². The van der Waals surface area contributed by atoms with E-state index in [4.69, 9.17) is 15.2 Å². The van der Waals surface area contributed by atoms with Gasteiger partial charge in [0.2, 0.25) is 5.95 Å². The van der Waals surface area contributed by atoms with Crippen LogP contribution in [0.15, 0.2) is 36.4 Å². The molecular weight excluding hydrogens is 478 g/mol. The molecule has 2 fully saturated rings. The first-order valence-corrected chi connectivity index (χ1v) is 13.9. The van der Waals surface area contributed by atoms with Gasteiger partial charge >= 0.3 is 0 Å². The molecule has 9 nitrogen and oxygen atoms in total. The molecule has 0 amide bonds. The van der Waals surface area contributed by atoms with E-state index < -0.39 is 25.8 Å². The highest BCUT2D eigenvalue weighted by atomic mass is 32.2. The molecular formula is C26H33N5O4S. The number of rotatable bonds is 8. The van der Waals surface area contributed by atoms with E-state index in [2.05, 4.69) is 20.6 Å². The van der Waals surface area contributed by atoms with E-state index in [1.165, 1.54) is 7.11 Å². The summed E-state index contributed by atoms with van der Waals surface area (Å²) >= 11 is 0. The summed E-state index contributed by atoms with van der Waals surface area (Å²) < 4.78 is 40.6. The number of sulfone groups is 1. The number of hydrogen-bond acceptors (Lipinski definition) is 9. The Morgan fingerprint density at radius 2 is 1.81 bits per heavy atom. The lowest BCUT2D eigenvalue weighted by Gasteiger charge is -2.45. The maximum atomic E-state index is 14.5. The Morgan fingerprint density at radius 3 is 2.39 bits per heavy atom. The monoisotopic (exact) mass is 511 g/mol. The lowest BCUT2D eigenvalue weighted by Crippen LogP contribution is -2.47. The zero-order chi connectivity index (χ0) is 25.5. The van der Waals surface area contributed by atoms with Gasteiger partial charge in [0.25, 0.3) is 0 Å². The predicted octanol–water partition coefficient (Wildman–Crippen LogP) is 3.21. The van der Waals surface area contributed by atoms with E-state index in [1.54, 1.807) is 20.2 Å². The normalized spacial score (nSPS) is 18.5. The number of anilines is 2. The number of nitrogen functional groups attached to an aromatic ring is 1. The highest BCUT2D eigenvalue weighted by Crippen LogP contribution is 2.57. The van der Waals surface area contributed by atoms with Crippen molar-refractivity contribution in [2.24, 2.45) is 0 Å². The standard InChI is InChI=1S/C26H33N5O4S/c1-28-25-30-18-15-19(34-2)22(35-3)21(20(18)24(27)31-25)23(36(32,33)17-9-10-17)26(11-13-29-14-12-26)16-7-5-4-6-8-16/h4-8,15,17,23,29H,9-14H2,1-3H3,(H3,27,28,30,31). The molecule has 2 aliphatic rings. The molecule has 5 rings (SSSR count). The van der Waals surface area contributed by atoms with Crippen LogP contribution in [0.2, 0.25) is 0 Å². The third-order valence-electron chi connectivity index (χ3n) is 7.54. The average Bonchev–Trinajstić information content (AvgIpc) is 3.75. The summed E-state index contributed by atoms with van der Waals surface area (Å²) in [4.78, 5) is 9.05. The van der Waals surface area contributed by atoms with E-state index in [0.29, 0.717) is 72.7 Å². The van der Waals surface area contributed by atoms with Gasteiger partial charge in [0, 0.05) is 24.1 Å². The minimum absolute atomic E-state index is 0.202. The first-order valence-electron chi connectivity index (χ1n) is 12.3. The molecule has 192 valence electrons. The van der Waals surface area contributed by atoms with Gasteiger partial charge < -0.3 is 25.8 Å². The van der Waals surface area contributed by atoms with Crippen molar-refractivity contribution in [3.05, 3.63) is 47.5 Å². The maximum Gasteiger partial charge on any atom is 0.224 e. The molecule has 3 aromatic rings. The SMILES string of the molecule is CNc1nc(N)c2c(C(C3(c4ccccc4)CCNCC3)S(=O)(=O)C3CC3)c(OC)c(OC)cc2n1. The summed E-state index contributed by atoms with van der Waals surface area (Å²) in [7, 11) is 1.12. The highest BCUT2D eigenvalue weighted by Gasteiger charge is 2.55. The molecule has 4 N–H and O–H groups in total. The molecule has 36 heavy (non-hydrogen) atoms. The summed E-state index contributed by atoms with van der Waals surface area (Å²) in [5.41, 5.74) is 7.83. The molecule has 1 aliphatic carbocycles. The second-order valence-corrected chi connectivity index (χ2v) is 11.9. The maximum absolute atomic E-state index is 14.5. The van der Waals surface area contributed by atoms with E-state index in [-0.39, 0.29) is 5.82 Å². The van der Waals surface area contributed by atoms with Crippen molar-refractivity contribution in [3.8, 4) is 11.5 Å². The lowest BCUT2D eigenvalue weighted by molar-refractivity contribution is 0.286. The van der Waals surface area contributed by atoms with Crippen molar-refractivity contribution in [2.75, 3.05) is 45.4 Å². The van der Waals surface area contributed by atoms with Crippen molar-refractivity contribution in [1.29, 1.82) is 0 Å². The molecule has 2 heterocycles. The zero-order valence-corrected chi connectivity index (χ0v) is 21.7. The van der Waals surface area contributed by atoms with Gasteiger partial charge in [0.1, 0.15) is 11.1 Å². The number of nitrogens with zero attached hydrogens (tertiary/aromatic N) is 2. The molecule has 1 saturated heterocycles. The molecule has 2 aromatic carbocycles. The van der Waals surface area contributed by atoms with Crippen LogP contribution >= 0.6 is 0 Å². The average molecular weight is 512 g/mol. The van der Waals surface area contributed by atoms with Crippen molar-refractivity contribution >= 4 is 32.5 Å². The smallest absolute Gasteiger partial charge is 0.224 e. The van der Waals surface area contributed by atoms with Gasteiger partial charge in [-0.05, 0) is 44.3 Å². The van der Waals surface area contributed by atoms with Gasteiger partial charge in [-0.1, -0.05) is 30.3 Å². The van der Waals surface area contributed by atoms with Crippen LogP contribution in [-0.2, 0) is 15.3 Å². The molecule has 0 spiro atoms. The molecule has 1 unspecified atom stereocenters. The third-order valence-corrected chi connectivity index (χ3v) is 10.3. The number of piperidine rings is 1. The fraction of sp³-hybridized carbons (Fsp3) is 0.462. The molecule has 1 saturated carbocycles. The molecule has 0 radical (unpaired) electrons. The molecule has 0 bridgehead atoms. The summed E-state index contributed by atoms with van der Waals surface area (Å²) in [6, 6.07) is 11.7. The summed E-state index contributed by atoms with van der Waals surface area (Å²) in [5, 5.41) is 5.53. The Balaban J connectivity index is 1.93. The zero-order valence-electron chi connectivity index (χ0n) is 20.9. The van der Waals surface area contributed by atoms with Crippen LogP contribution in [0.3, 0.4) is 0 Å². The van der Waals surface area contributed by atoms with Crippen LogP contribution in [0.5, 0.6) is 11.5 Å². The van der Waals surface area contributed by atoms with Crippen LogP contribution in [0, 0.1) is 0 Å². The summed E-state index contributed by atoms with van der Waals surface area (Å²) in [6.45, 7) is 1.40. The number of hydrogen-bond donors (Lipinski definition) is 3. The topological polar surface area (TPSA) is 128 Å². The van der Waals surface area contributed by atoms with Gasteiger partial charge in [-0.3, -0.25) is 0 Å². The predicted molar refractivity (Wildman–Crippen MR) is 142 cm³/mol. The summed E-state index contributed by atoms with van der Waals surface area (Å²) in [6.07, 6.45) is 2.60. The highest BCUT2D eigenvalue weighted by molar-refractivity contribution is 7.92. The fourth-order valence-corrected chi connectivity index (χ4v) is 8.46. The summed E-state index contributed by atoms with van der Waals surface area (Å²) in [5.74, 6) is 1.32. The number of nitrogens with one attached hydrogen (secondary N) is 2. The first-order chi connectivity index (χ1) is 17.4. The van der Waals surface area contributed by atoms with Crippen molar-refractivity contribution < 1.29 is 17.9 Å². The number of nitrogens with two attached hydrogens (primary N) is 1. The number of aromatic nitrogens is 2. The second kappa shape index (κ2) is 9.40. The molecule has 10 heteroatoms. The van der Waals surface area contributed by atoms with Gasteiger partial charge in [-0.25, -0.2) is 13.4 Å². The van der Waals surface area contributed by atoms with E-state index in [0.717, 1.165) is 5.56 Å². The van der Waals surface area contributed by atoms with E-state index in [9.17, 15) is 8.42 Å². The van der Waals surface area contributed by atoms with Crippen molar-refractivity contribution in [3.63, 3.8) is 0 Å². The quantitative estimate of drug-likeness (QED) is 0.417. The van der Waals surface area contributed by atoms with Crippen LogP contribution in [0.4, 0.5) is 11.8 Å². The van der Waals surface area contributed by atoms with Crippen molar-refractivity contribution in [1.82, 2.24) is 15.3 Å². The van der Waals surface area contributed by atoms with Gasteiger partial charge in [0.05, 0.1) is 30.4 Å². The molecule has 1 atom stereocenters. The number of methoxy groups -OCH3 is 2. The van der Waals surface area contributed by atoms with Crippen LogP contribution in [-0.4, -0.2) is 58.0 Å². The largest absolute Gasteiger partial charge is 0.493 e. The Morgan fingerprint density at radius 1 is 1.11 bits per heavy atom. The Kier molecular flexibility index (Phi) is 6.42. The first kappa shape index (κ1) is 24.6. The van der Waals surface area contributed by atoms with E-state index >= 15 is 0 Å². The van der Waals surface area contributed by atoms with Gasteiger partial charge in [0.15, 0.2) is 21.3 Å². The van der Waals surface area contributed by atoms with Crippen LogP contribution in [0.1, 0.15) is 42.1 Å². The number of ether oxygens (including phenoxy) is 2. The van der Waals surface area contributed by atoms with Crippen LogP contribution in [0.25, 0.3) is 10.9 Å². The number of benzene rings is 2. The fourth-order valence-electron chi connectivity index (χ4n) is 5.73.